The summed E-state index contributed by atoms with van der Waals surface area (Å²) in [6.45, 7) is 5.21. The van der Waals surface area contributed by atoms with Gasteiger partial charge in [0.15, 0.2) is 0 Å². The first-order valence-corrected chi connectivity index (χ1v) is 7.51. The number of hydrogen-bond acceptors (Lipinski definition) is 3. The Morgan fingerprint density at radius 2 is 2.14 bits per heavy atom. The van der Waals surface area contributed by atoms with Crippen molar-refractivity contribution in [2.45, 2.75) is 45.4 Å². The zero-order chi connectivity index (χ0) is 15.2. The third-order valence-corrected chi connectivity index (χ3v) is 3.59. The van der Waals surface area contributed by atoms with Crippen LogP contribution in [0.4, 0.5) is 4.79 Å². The van der Waals surface area contributed by atoms with Crippen molar-refractivity contribution in [3.8, 4) is 5.75 Å². The van der Waals surface area contributed by atoms with Gasteiger partial charge in [0.2, 0.25) is 0 Å². The molecule has 0 bridgehead atoms. The van der Waals surface area contributed by atoms with Crippen molar-refractivity contribution in [1.29, 1.82) is 0 Å². The maximum absolute atomic E-state index is 12.1. The quantitative estimate of drug-likeness (QED) is 0.874. The van der Waals surface area contributed by atoms with Crippen LogP contribution in [-0.4, -0.2) is 41.3 Å². The molecule has 1 heterocycles. The van der Waals surface area contributed by atoms with Crippen LogP contribution in [0.1, 0.15) is 32.3 Å². The molecule has 2 amide bonds. The Kier molecular flexibility index (Phi) is 5.44. The van der Waals surface area contributed by atoms with Crippen LogP contribution in [0.2, 0.25) is 0 Å². The summed E-state index contributed by atoms with van der Waals surface area (Å²) in [7, 11) is 0. The number of rotatable bonds is 5. The van der Waals surface area contributed by atoms with E-state index in [4.69, 9.17) is 4.74 Å². The van der Waals surface area contributed by atoms with Crippen molar-refractivity contribution in [3.05, 3.63) is 29.8 Å². The van der Waals surface area contributed by atoms with Crippen LogP contribution in [0.3, 0.4) is 0 Å². The Labute approximate surface area is 125 Å². The summed E-state index contributed by atoms with van der Waals surface area (Å²) < 4.78 is 5.58. The number of aliphatic hydroxyl groups is 1. The van der Waals surface area contributed by atoms with Gasteiger partial charge in [-0.1, -0.05) is 12.1 Å². The molecule has 5 heteroatoms. The molecule has 116 valence electrons. The van der Waals surface area contributed by atoms with Gasteiger partial charge in [0.05, 0.1) is 18.8 Å². The lowest BCUT2D eigenvalue weighted by Gasteiger charge is -2.23. The summed E-state index contributed by atoms with van der Waals surface area (Å²) in [4.78, 5) is 13.8. The van der Waals surface area contributed by atoms with Crippen molar-refractivity contribution in [2.24, 2.45) is 0 Å². The minimum absolute atomic E-state index is 0.0354. The van der Waals surface area contributed by atoms with Gasteiger partial charge in [-0.25, -0.2) is 4.79 Å². The van der Waals surface area contributed by atoms with Gasteiger partial charge in [-0.05, 0) is 44.4 Å². The molecule has 1 aromatic rings. The minimum atomic E-state index is -0.103. The van der Waals surface area contributed by atoms with Crippen LogP contribution >= 0.6 is 0 Å². The average Bonchev–Trinajstić information content (AvgIpc) is 2.94. The number of aliphatic hydroxyl groups excluding tert-OH is 1. The van der Waals surface area contributed by atoms with Gasteiger partial charge < -0.3 is 20.1 Å². The van der Waals surface area contributed by atoms with Gasteiger partial charge in [0, 0.05) is 13.1 Å². The number of benzene rings is 1. The molecule has 1 aliphatic heterocycles. The van der Waals surface area contributed by atoms with E-state index < -0.39 is 0 Å². The van der Waals surface area contributed by atoms with E-state index in [9.17, 15) is 9.90 Å². The number of urea groups is 1. The van der Waals surface area contributed by atoms with E-state index in [1.165, 1.54) is 0 Å². The molecule has 1 atom stereocenters. The van der Waals surface area contributed by atoms with Gasteiger partial charge in [-0.15, -0.1) is 0 Å². The summed E-state index contributed by atoms with van der Waals surface area (Å²) >= 11 is 0. The summed E-state index contributed by atoms with van der Waals surface area (Å²) in [6.07, 6.45) is 1.99. The Hall–Kier alpha value is -1.75. The lowest BCUT2D eigenvalue weighted by Crippen LogP contribution is -2.43. The second kappa shape index (κ2) is 7.31. The Morgan fingerprint density at radius 1 is 1.43 bits per heavy atom. The van der Waals surface area contributed by atoms with Crippen molar-refractivity contribution >= 4 is 6.03 Å². The second-order valence-electron chi connectivity index (χ2n) is 5.64. The Bertz CT molecular complexity index is 459. The van der Waals surface area contributed by atoms with E-state index >= 15 is 0 Å². The van der Waals surface area contributed by atoms with Crippen LogP contribution < -0.4 is 10.1 Å². The largest absolute Gasteiger partial charge is 0.491 e. The minimum Gasteiger partial charge on any atom is -0.491 e. The number of carbonyl (C=O) groups is 1. The highest BCUT2D eigenvalue weighted by molar-refractivity contribution is 5.74. The molecule has 0 aliphatic carbocycles. The molecule has 2 N–H and O–H groups in total. The van der Waals surface area contributed by atoms with Gasteiger partial charge in [0.25, 0.3) is 0 Å². The number of hydrogen-bond donors (Lipinski definition) is 2. The second-order valence-corrected chi connectivity index (χ2v) is 5.64. The lowest BCUT2D eigenvalue weighted by atomic mass is 10.2. The smallest absolute Gasteiger partial charge is 0.317 e. The topological polar surface area (TPSA) is 61.8 Å². The molecule has 1 aliphatic rings. The molecule has 0 spiro atoms. The molecule has 2 rings (SSSR count). The fourth-order valence-corrected chi connectivity index (χ4v) is 2.53. The first-order valence-electron chi connectivity index (χ1n) is 7.51. The summed E-state index contributed by atoms with van der Waals surface area (Å²) in [6, 6.07) is 7.58. The van der Waals surface area contributed by atoms with E-state index in [1.807, 2.05) is 38.1 Å². The third kappa shape index (κ3) is 4.36. The Morgan fingerprint density at radius 3 is 2.76 bits per heavy atom. The predicted molar refractivity (Wildman–Crippen MR) is 81.3 cm³/mol. The van der Waals surface area contributed by atoms with Crippen LogP contribution in [-0.2, 0) is 6.54 Å². The van der Waals surface area contributed by atoms with E-state index in [1.54, 1.807) is 4.90 Å². The average molecular weight is 292 g/mol. The van der Waals surface area contributed by atoms with E-state index in [2.05, 4.69) is 5.32 Å². The number of ether oxygens (including phenoxy) is 1. The first kappa shape index (κ1) is 15.6. The number of nitrogens with zero attached hydrogens (tertiary/aromatic N) is 1. The predicted octanol–water partition coefficient (Wildman–Crippen LogP) is 2.14. The molecular weight excluding hydrogens is 268 g/mol. The number of carbonyl (C=O) groups excluding carboxylic acids is 1. The molecule has 21 heavy (non-hydrogen) atoms. The monoisotopic (exact) mass is 292 g/mol. The lowest BCUT2D eigenvalue weighted by molar-refractivity contribution is 0.157. The van der Waals surface area contributed by atoms with Crippen molar-refractivity contribution in [1.82, 2.24) is 10.2 Å². The van der Waals surface area contributed by atoms with Gasteiger partial charge in [0.1, 0.15) is 5.75 Å². The van der Waals surface area contributed by atoms with Gasteiger partial charge in [-0.2, -0.15) is 0 Å². The maximum Gasteiger partial charge on any atom is 0.317 e. The van der Waals surface area contributed by atoms with Crippen LogP contribution in [0.15, 0.2) is 24.3 Å². The molecule has 1 saturated heterocycles. The van der Waals surface area contributed by atoms with Crippen molar-refractivity contribution in [3.63, 3.8) is 0 Å². The molecule has 1 unspecified atom stereocenters. The summed E-state index contributed by atoms with van der Waals surface area (Å²) in [5.41, 5.74) is 1.03. The molecule has 1 aromatic carbocycles. The highest BCUT2D eigenvalue weighted by Crippen LogP contribution is 2.17. The normalized spacial score (nSPS) is 18.1. The standard InChI is InChI=1S/C16H24N2O3/c1-12(2)21-15-7-5-13(6-8-15)10-17-16(20)18-9-3-4-14(18)11-19/h5-8,12,14,19H,3-4,9-11H2,1-2H3,(H,17,20). The van der Waals surface area contributed by atoms with Crippen LogP contribution in [0.25, 0.3) is 0 Å². The fraction of sp³-hybridized carbons (Fsp3) is 0.562. The fourth-order valence-electron chi connectivity index (χ4n) is 2.53. The molecule has 5 nitrogen and oxygen atoms in total. The van der Waals surface area contributed by atoms with Gasteiger partial charge >= 0.3 is 6.03 Å². The number of likely N-dealkylation sites (tertiary alicyclic amines) is 1. The van der Waals surface area contributed by atoms with Crippen LogP contribution in [0.5, 0.6) is 5.75 Å². The zero-order valence-corrected chi connectivity index (χ0v) is 12.7. The first-order chi connectivity index (χ1) is 10.1. The maximum atomic E-state index is 12.1. The molecular formula is C16H24N2O3. The molecule has 0 saturated carbocycles. The number of amides is 2. The summed E-state index contributed by atoms with van der Waals surface area (Å²) in [5, 5.41) is 12.1. The van der Waals surface area contributed by atoms with Crippen LogP contribution in [0, 0.1) is 0 Å². The molecule has 1 fully saturated rings. The number of nitrogens with one attached hydrogen (secondary N) is 1. The van der Waals surface area contributed by atoms with Crippen molar-refractivity contribution < 1.29 is 14.6 Å². The molecule has 0 aromatic heterocycles. The molecule has 0 radical (unpaired) electrons. The highest BCUT2D eigenvalue weighted by Gasteiger charge is 2.27. The zero-order valence-electron chi connectivity index (χ0n) is 12.7. The SMILES string of the molecule is CC(C)Oc1ccc(CNC(=O)N2CCCC2CO)cc1. The van der Waals surface area contributed by atoms with Gasteiger partial charge in [-0.3, -0.25) is 0 Å². The highest BCUT2D eigenvalue weighted by atomic mass is 16.5. The van der Waals surface area contributed by atoms with E-state index in [-0.39, 0.29) is 24.8 Å². The van der Waals surface area contributed by atoms with E-state index in [0.717, 1.165) is 30.7 Å². The van der Waals surface area contributed by atoms with E-state index in [0.29, 0.717) is 6.54 Å². The van der Waals surface area contributed by atoms with Crippen molar-refractivity contribution in [2.75, 3.05) is 13.2 Å². The third-order valence-electron chi connectivity index (χ3n) is 3.59. The summed E-state index contributed by atoms with van der Waals surface area (Å²) in [5.74, 6) is 0.833. The Balaban J connectivity index is 1.83.